The molecular formula is C21H29NO4S. The first kappa shape index (κ1) is 21.5. The van der Waals surface area contributed by atoms with Crippen LogP contribution in [0, 0.1) is 6.92 Å². The van der Waals surface area contributed by atoms with Gasteiger partial charge in [0.2, 0.25) is 5.91 Å². The van der Waals surface area contributed by atoms with Crippen LogP contribution in [0.25, 0.3) is 0 Å². The molecule has 0 aromatic heterocycles. The number of hydrogen-bond donors (Lipinski definition) is 2. The Morgan fingerprint density at radius 3 is 2.96 bits per heavy atom. The highest BCUT2D eigenvalue weighted by molar-refractivity contribution is 7.99. The molecule has 2 N–H and O–H groups in total. The molecule has 148 valence electrons. The van der Waals surface area contributed by atoms with Crippen LogP contribution in [0.3, 0.4) is 0 Å². The van der Waals surface area contributed by atoms with E-state index in [2.05, 4.69) is 6.07 Å². The summed E-state index contributed by atoms with van der Waals surface area (Å²) in [6, 6.07) is 8.15. The van der Waals surface area contributed by atoms with E-state index in [9.17, 15) is 14.7 Å². The van der Waals surface area contributed by atoms with E-state index in [-0.39, 0.29) is 18.4 Å². The maximum atomic E-state index is 12.1. The molecule has 1 amide bonds. The molecule has 6 heteroatoms. The average Bonchev–Trinajstić information content (AvgIpc) is 2.96. The predicted octanol–water partition coefficient (Wildman–Crippen LogP) is 3.39. The highest BCUT2D eigenvalue weighted by atomic mass is 32.2. The van der Waals surface area contributed by atoms with Crippen molar-refractivity contribution in [2.24, 2.45) is 0 Å². The second kappa shape index (κ2) is 11.1. The quantitative estimate of drug-likeness (QED) is 0.447. The van der Waals surface area contributed by atoms with Crippen LogP contribution in [0.2, 0.25) is 0 Å². The van der Waals surface area contributed by atoms with Crippen molar-refractivity contribution in [2.75, 3.05) is 11.6 Å². The molecule has 1 aliphatic heterocycles. The first-order valence-corrected chi connectivity index (χ1v) is 10.6. The van der Waals surface area contributed by atoms with Crippen molar-refractivity contribution in [2.45, 2.75) is 57.6 Å². The summed E-state index contributed by atoms with van der Waals surface area (Å²) in [7, 11) is 0. The molecule has 5 nitrogen and oxygen atoms in total. The van der Waals surface area contributed by atoms with E-state index in [0.29, 0.717) is 25.1 Å². The Kier molecular flexibility index (Phi) is 8.88. The maximum absolute atomic E-state index is 12.1. The van der Waals surface area contributed by atoms with Crippen LogP contribution in [0.1, 0.15) is 43.2 Å². The topological polar surface area (TPSA) is 77.8 Å². The van der Waals surface area contributed by atoms with E-state index in [1.54, 1.807) is 17.8 Å². The number of hydrogen-bond acceptors (Lipinski definition) is 4. The van der Waals surface area contributed by atoms with Gasteiger partial charge in [0.25, 0.3) is 0 Å². The Bertz CT molecular complexity index is 661. The molecule has 1 aliphatic rings. The van der Waals surface area contributed by atoms with Crippen molar-refractivity contribution in [3.63, 3.8) is 0 Å². The summed E-state index contributed by atoms with van der Waals surface area (Å²) >= 11 is 1.66. The summed E-state index contributed by atoms with van der Waals surface area (Å²) < 4.78 is 0. The van der Waals surface area contributed by atoms with E-state index >= 15 is 0 Å². The number of likely N-dealkylation sites (tertiary alicyclic amines) is 1. The lowest BCUT2D eigenvalue weighted by molar-refractivity contribution is -0.137. The summed E-state index contributed by atoms with van der Waals surface area (Å²) in [6.07, 6.45) is 6.80. The van der Waals surface area contributed by atoms with E-state index in [4.69, 9.17) is 5.11 Å². The van der Waals surface area contributed by atoms with Gasteiger partial charge >= 0.3 is 5.97 Å². The third-order valence-corrected chi connectivity index (χ3v) is 5.66. The average molecular weight is 392 g/mol. The van der Waals surface area contributed by atoms with E-state index < -0.39 is 12.1 Å². The lowest BCUT2D eigenvalue weighted by atomic mass is 10.0. The minimum Gasteiger partial charge on any atom is -0.481 e. The maximum Gasteiger partial charge on any atom is 0.303 e. The molecule has 1 aromatic rings. The smallest absolute Gasteiger partial charge is 0.303 e. The summed E-state index contributed by atoms with van der Waals surface area (Å²) in [6.45, 7) is 2.03. The largest absolute Gasteiger partial charge is 0.481 e. The number of nitrogens with zero attached hydrogens (tertiary/aromatic N) is 1. The first-order chi connectivity index (χ1) is 13.0. The van der Waals surface area contributed by atoms with Gasteiger partial charge in [-0.1, -0.05) is 42.0 Å². The van der Waals surface area contributed by atoms with Crippen LogP contribution in [-0.4, -0.2) is 50.8 Å². The van der Waals surface area contributed by atoms with Gasteiger partial charge in [-0.05, 0) is 37.5 Å². The Morgan fingerprint density at radius 1 is 1.41 bits per heavy atom. The van der Waals surface area contributed by atoms with Gasteiger partial charge in [-0.15, -0.1) is 11.8 Å². The molecule has 27 heavy (non-hydrogen) atoms. The number of carbonyl (C=O) groups is 2. The molecule has 0 radical (unpaired) electrons. The number of aliphatic hydroxyl groups excluding tert-OH is 1. The minimum absolute atomic E-state index is 0.0381. The third kappa shape index (κ3) is 7.77. The molecule has 1 fully saturated rings. The van der Waals surface area contributed by atoms with Crippen molar-refractivity contribution in [3.8, 4) is 0 Å². The van der Waals surface area contributed by atoms with Crippen LogP contribution in [-0.2, 0) is 16.0 Å². The molecule has 1 saturated heterocycles. The van der Waals surface area contributed by atoms with Crippen LogP contribution >= 0.6 is 11.8 Å². The number of unbranched alkanes of at least 4 members (excludes halogenated alkanes) is 1. The number of carbonyl (C=O) groups excluding carboxylic acids is 1. The normalized spacial score (nSPS) is 18.4. The van der Waals surface area contributed by atoms with Crippen molar-refractivity contribution in [1.29, 1.82) is 0 Å². The number of thioether (sulfide) groups is 1. The predicted molar refractivity (Wildman–Crippen MR) is 109 cm³/mol. The molecule has 1 aromatic carbocycles. The molecule has 2 atom stereocenters. The molecule has 2 rings (SSSR count). The van der Waals surface area contributed by atoms with Crippen molar-refractivity contribution in [1.82, 2.24) is 4.90 Å². The number of amides is 1. The van der Waals surface area contributed by atoms with E-state index in [1.807, 2.05) is 36.1 Å². The zero-order valence-corrected chi connectivity index (χ0v) is 16.7. The van der Waals surface area contributed by atoms with Gasteiger partial charge in [0.05, 0.1) is 18.0 Å². The highest BCUT2D eigenvalue weighted by Gasteiger charge is 2.28. The van der Waals surface area contributed by atoms with E-state index in [0.717, 1.165) is 24.2 Å². The van der Waals surface area contributed by atoms with E-state index in [1.165, 1.54) is 5.56 Å². The molecule has 0 unspecified atom stereocenters. The van der Waals surface area contributed by atoms with Gasteiger partial charge in [0, 0.05) is 19.3 Å². The molecule has 0 spiro atoms. The van der Waals surface area contributed by atoms with Crippen LogP contribution < -0.4 is 0 Å². The minimum atomic E-state index is -0.760. The SMILES string of the molecule is Cc1cccc(C[C@H](O)/C=C/[C@H]2CCC(=O)N2CSCCCCC(=O)O)c1. The third-order valence-electron chi connectivity index (χ3n) is 4.62. The number of benzene rings is 1. The second-order valence-corrected chi connectivity index (χ2v) is 8.08. The lowest BCUT2D eigenvalue weighted by Gasteiger charge is -2.22. The van der Waals surface area contributed by atoms with Crippen LogP contribution in [0.15, 0.2) is 36.4 Å². The molecule has 1 heterocycles. The van der Waals surface area contributed by atoms with Crippen molar-refractivity contribution < 1.29 is 19.8 Å². The van der Waals surface area contributed by atoms with Crippen molar-refractivity contribution in [3.05, 3.63) is 47.5 Å². The number of rotatable bonds is 11. The summed E-state index contributed by atoms with van der Waals surface area (Å²) in [5.74, 6) is 0.859. The zero-order chi connectivity index (χ0) is 19.6. The zero-order valence-electron chi connectivity index (χ0n) is 15.8. The molecule has 0 aliphatic carbocycles. The fourth-order valence-corrected chi connectivity index (χ4v) is 4.24. The lowest BCUT2D eigenvalue weighted by Crippen LogP contribution is -2.31. The van der Waals surface area contributed by atoms with Gasteiger partial charge in [0.1, 0.15) is 0 Å². The molecular weight excluding hydrogens is 362 g/mol. The number of carboxylic acids is 1. The van der Waals surface area contributed by atoms with Crippen LogP contribution in [0.5, 0.6) is 0 Å². The Morgan fingerprint density at radius 2 is 2.22 bits per heavy atom. The van der Waals surface area contributed by atoms with Gasteiger partial charge in [-0.3, -0.25) is 9.59 Å². The first-order valence-electron chi connectivity index (χ1n) is 9.46. The Labute approximate surface area is 165 Å². The van der Waals surface area contributed by atoms with Gasteiger partial charge in [-0.25, -0.2) is 0 Å². The summed E-state index contributed by atoms with van der Waals surface area (Å²) in [5, 5.41) is 18.9. The fourth-order valence-electron chi connectivity index (χ4n) is 3.17. The number of aliphatic hydroxyl groups is 1. The van der Waals surface area contributed by atoms with Crippen molar-refractivity contribution >= 4 is 23.6 Å². The standard InChI is InChI=1S/C21H29NO4S/c1-16-5-4-6-17(13-16)14-19(23)10-8-18-9-11-20(24)22(18)15-27-12-3-2-7-21(25)26/h4-6,8,10,13,18-19,23H,2-3,7,9,11-12,14-15H2,1H3,(H,25,26)/b10-8+/t18-,19+/m0/s1. The summed E-state index contributed by atoms with van der Waals surface area (Å²) in [5.41, 5.74) is 2.28. The van der Waals surface area contributed by atoms with Gasteiger partial charge < -0.3 is 15.1 Å². The Balaban J connectivity index is 1.77. The van der Waals surface area contributed by atoms with Gasteiger partial charge in [0.15, 0.2) is 0 Å². The monoisotopic (exact) mass is 391 g/mol. The second-order valence-electron chi connectivity index (χ2n) is 7.00. The fraction of sp³-hybridized carbons (Fsp3) is 0.524. The molecule has 0 saturated carbocycles. The Hall–Kier alpha value is -1.79. The highest BCUT2D eigenvalue weighted by Crippen LogP contribution is 2.23. The number of aryl methyl sites for hydroxylation is 1. The van der Waals surface area contributed by atoms with Gasteiger partial charge in [-0.2, -0.15) is 0 Å². The molecule has 0 bridgehead atoms. The van der Waals surface area contributed by atoms with Crippen LogP contribution in [0.4, 0.5) is 0 Å². The summed E-state index contributed by atoms with van der Waals surface area (Å²) in [4.78, 5) is 24.5. The number of carboxylic acid groups (broad SMARTS) is 1. The number of aliphatic carboxylic acids is 1.